The number of amides is 2. The van der Waals surface area contributed by atoms with Gasteiger partial charge in [-0.25, -0.2) is 4.79 Å². The Hall–Kier alpha value is -2.11. The van der Waals surface area contributed by atoms with Crippen molar-refractivity contribution in [3.8, 4) is 0 Å². The zero-order valence-electron chi connectivity index (χ0n) is 12.8. The summed E-state index contributed by atoms with van der Waals surface area (Å²) >= 11 is 0. The van der Waals surface area contributed by atoms with Crippen LogP contribution in [0.1, 0.15) is 26.0 Å². The summed E-state index contributed by atoms with van der Waals surface area (Å²) in [6.45, 7) is 4.01. The lowest BCUT2D eigenvalue weighted by Gasteiger charge is -2.31. The van der Waals surface area contributed by atoms with Gasteiger partial charge in [-0.05, 0) is 25.5 Å². The minimum Gasteiger partial charge on any atom is -0.480 e. The highest BCUT2D eigenvalue weighted by Crippen LogP contribution is 2.08. The summed E-state index contributed by atoms with van der Waals surface area (Å²) in [6.07, 6.45) is 3.07. The number of carbonyl (C=O) groups is 2. The Kier molecular flexibility index (Phi) is 6.65. The summed E-state index contributed by atoms with van der Waals surface area (Å²) in [4.78, 5) is 30.4. The van der Waals surface area contributed by atoms with E-state index in [0.29, 0.717) is 19.4 Å². The van der Waals surface area contributed by atoms with Crippen LogP contribution in [-0.2, 0) is 11.2 Å². The molecule has 0 aliphatic rings. The van der Waals surface area contributed by atoms with E-state index in [1.54, 1.807) is 18.1 Å². The Bertz CT molecular complexity index is 464. The van der Waals surface area contributed by atoms with Crippen molar-refractivity contribution in [1.82, 2.24) is 14.8 Å². The number of urea groups is 1. The third-order valence-corrected chi connectivity index (χ3v) is 3.43. The molecule has 1 heterocycles. The van der Waals surface area contributed by atoms with E-state index in [0.717, 1.165) is 5.69 Å². The van der Waals surface area contributed by atoms with Crippen LogP contribution in [0.3, 0.4) is 0 Å². The van der Waals surface area contributed by atoms with Gasteiger partial charge in [-0.15, -0.1) is 0 Å². The maximum absolute atomic E-state index is 12.4. The van der Waals surface area contributed by atoms with Gasteiger partial charge in [0.2, 0.25) is 0 Å². The molecular weight excluding hydrogens is 270 g/mol. The number of carboxylic acids is 1. The molecule has 1 aromatic rings. The molecule has 0 saturated carbocycles. The van der Waals surface area contributed by atoms with Crippen LogP contribution in [0.4, 0.5) is 4.79 Å². The Morgan fingerprint density at radius 1 is 1.38 bits per heavy atom. The van der Waals surface area contributed by atoms with Gasteiger partial charge in [0.05, 0.1) is 0 Å². The van der Waals surface area contributed by atoms with Gasteiger partial charge in [-0.1, -0.05) is 13.0 Å². The number of aromatic nitrogens is 1. The fraction of sp³-hybridized carbons (Fsp3) is 0.533. The molecule has 0 saturated heterocycles. The zero-order valence-corrected chi connectivity index (χ0v) is 12.8. The van der Waals surface area contributed by atoms with Crippen LogP contribution in [0, 0.1) is 0 Å². The summed E-state index contributed by atoms with van der Waals surface area (Å²) in [5.41, 5.74) is 0.908. The SMILES string of the molecule is CCC(C)N(CC(=O)O)C(=O)N(C)CCc1ccccn1. The van der Waals surface area contributed by atoms with Crippen molar-refractivity contribution in [3.63, 3.8) is 0 Å². The highest BCUT2D eigenvalue weighted by molar-refractivity contribution is 5.80. The number of hydrogen-bond donors (Lipinski definition) is 1. The average molecular weight is 293 g/mol. The molecule has 116 valence electrons. The van der Waals surface area contributed by atoms with Crippen LogP contribution in [0.15, 0.2) is 24.4 Å². The molecule has 1 rings (SSSR count). The van der Waals surface area contributed by atoms with Crippen LogP contribution >= 0.6 is 0 Å². The molecule has 6 nitrogen and oxygen atoms in total. The molecule has 0 aliphatic heterocycles. The molecule has 0 spiro atoms. The predicted molar refractivity (Wildman–Crippen MR) is 80.1 cm³/mol. The number of hydrogen-bond acceptors (Lipinski definition) is 3. The van der Waals surface area contributed by atoms with E-state index in [1.807, 2.05) is 32.0 Å². The Morgan fingerprint density at radius 3 is 2.62 bits per heavy atom. The second kappa shape index (κ2) is 8.24. The normalized spacial score (nSPS) is 11.8. The molecular formula is C15H23N3O3. The molecule has 1 atom stereocenters. The molecule has 21 heavy (non-hydrogen) atoms. The van der Waals surface area contributed by atoms with Gasteiger partial charge in [0.15, 0.2) is 0 Å². The van der Waals surface area contributed by atoms with Crippen LogP contribution < -0.4 is 0 Å². The quantitative estimate of drug-likeness (QED) is 0.832. The summed E-state index contributed by atoms with van der Waals surface area (Å²) < 4.78 is 0. The molecule has 1 unspecified atom stereocenters. The second-order valence-electron chi connectivity index (χ2n) is 5.05. The first-order chi connectivity index (χ1) is 9.95. The van der Waals surface area contributed by atoms with E-state index in [-0.39, 0.29) is 18.6 Å². The van der Waals surface area contributed by atoms with Crippen LogP contribution in [0.25, 0.3) is 0 Å². The standard InChI is InChI=1S/C15H23N3O3/c1-4-12(2)18(11-14(19)20)15(21)17(3)10-8-13-7-5-6-9-16-13/h5-7,9,12H,4,8,10-11H2,1-3H3,(H,19,20). The van der Waals surface area contributed by atoms with E-state index in [4.69, 9.17) is 5.11 Å². The molecule has 0 aromatic carbocycles. The Morgan fingerprint density at radius 2 is 2.10 bits per heavy atom. The lowest BCUT2D eigenvalue weighted by molar-refractivity contribution is -0.138. The highest BCUT2D eigenvalue weighted by Gasteiger charge is 2.24. The number of carboxylic acid groups (broad SMARTS) is 1. The first kappa shape index (κ1) is 16.9. The predicted octanol–water partition coefficient (Wildman–Crippen LogP) is 1.86. The first-order valence-corrected chi connectivity index (χ1v) is 7.09. The molecule has 0 fully saturated rings. The molecule has 2 amide bonds. The van der Waals surface area contributed by atoms with Crippen molar-refractivity contribution in [2.75, 3.05) is 20.1 Å². The highest BCUT2D eigenvalue weighted by atomic mass is 16.4. The number of carbonyl (C=O) groups excluding carboxylic acids is 1. The number of pyridine rings is 1. The average Bonchev–Trinajstić information content (AvgIpc) is 2.49. The van der Waals surface area contributed by atoms with Gasteiger partial charge in [-0.2, -0.15) is 0 Å². The van der Waals surface area contributed by atoms with Crippen LogP contribution in [0.5, 0.6) is 0 Å². The largest absolute Gasteiger partial charge is 0.480 e. The summed E-state index contributed by atoms with van der Waals surface area (Å²) in [5, 5.41) is 8.94. The van der Waals surface area contributed by atoms with Crippen molar-refractivity contribution in [3.05, 3.63) is 30.1 Å². The van der Waals surface area contributed by atoms with Crippen molar-refractivity contribution in [2.24, 2.45) is 0 Å². The first-order valence-electron chi connectivity index (χ1n) is 7.09. The second-order valence-corrected chi connectivity index (χ2v) is 5.05. The maximum atomic E-state index is 12.4. The molecule has 0 radical (unpaired) electrons. The van der Waals surface area contributed by atoms with E-state index >= 15 is 0 Å². The third kappa shape index (κ3) is 5.41. The Balaban J connectivity index is 2.62. The van der Waals surface area contributed by atoms with E-state index in [9.17, 15) is 9.59 Å². The molecule has 0 bridgehead atoms. The molecule has 1 N–H and O–H groups in total. The number of nitrogens with zero attached hydrogens (tertiary/aromatic N) is 3. The van der Waals surface area contributed by atoms with Gasteiger partial charge >= 0.3 is 12.0 Å². The van der Waals surface area contributed by atoms with Gasteiger partial charge in [0.1, 0.15) is 6.54 Å². The summed E-state index contributed by atoms with van der Waals surface area (Å²) in [5.74, 6) is -0.998. The fourth-order valence-corrected chi connectivity index (χ4v) is 1.92. The monoisotopic (exact) mass is 293 g/mol. The zero-order chi connectivity index (χ0) is 15.8. The van der Waals surface area contributed by atoms with Crippen molar-refractivity contribution >= 4 is 12.0 Å². The van der Waals surface area contributed by atoms with Gasteiger partial charge in [-0.3, -0.25) is 9.78 Å². The lowest BCUT2D eigenvalue weighted by Crippen LogP contribution is -2.48. The van der Waals surface area contributed by atoms with Crippen LogP contribution in [-0.4, -0.2) is 58.1 Å². The summed E-state index contributed by atoms with van der Waals surface area (Å²) in [7, 11) is 1.68. The van der Waals surface area contributed by atoms with Gasteiger partial charge in [0, 0.05) is 37.9 Å². The van der Waals surface area contributed by atoms with Gasteiger partial charge < -0.3 is 14.9 Å². The summed E-state index contributed by atoms with van der Waals surface area (Å²) in [6, 6.07) is 5.28. The fourth-order valence-electron chi connectivity index (χ4n) is 1.92. The molecule has 6 heteroatoms. The minimum atomic E-state index is -0.998. The Labute approximate surface area is 125 Å². The number of aliphatic carboxylic acids is 1. The van der Waals surface area contributed by atoms with Crippen LogP contribution in [0.2, 0.25) is 0 Å². The maximum Gasteiger partial charge on any atom is 0.323 e. The van der Waals surface area contributed by atoms with E-state index < -0.39 is 5.97 Å². The molecule has 0 aliphatic carbocycles. The molecule has 1 aromatic heterocycles. The van der Waals surface area contributed by atoms with Crippen molar-refractivity contribution in [1.29, 1.82) is 0 Å². The minimum absolute atomic E-state index is 0.106. The topological polar surface area (TPSA) is 73.7 Å². The lowest BCUT2D eigenvalue weighted by atomic mass is 10.2. The van der Waals surface area contributed by atoms with E-state index in [1.165, 1.54) is 4.90 Å². The smallest absolute Gasteiger partial charge is 0.323 e. The van der Waals surface area contributed by atoms with Crippen molar-refractivity contribution < 1.29 is 14.7 Å². The van der Waals surface area contributed by atoms with Crippen molar-refractivity contribution in [2.45, 2.75) is 32.7 Å². The number of likely N-dealkylation sites (N-methyl/N-ethyl adjacent to an activating group) is 1. The van der Waals surface area contributed by atoms with Gasteiger partial charge in [0.25, 0.3) is 0 Å². The number of rotatable bonds is 7. The van der Waals surface area contributed by atoms with E-state index in [2.05, 4.69) is 4.98 Å². The third-order valence-electron chi connectivity index (χ3n) is 3.43.